The van der Waals surface area contributed by atoms with E-state index in [2.05, 4.69) is 0 Å². The highest BCUT2D eigenvalue weighted by Gasteiger charge is 2.48. The summed E-state index contributed by atoms with van der Waals surface area (Å²) in [6.45, 7) is 2.39. The molecule has 0 amide bonds. The van der Waals surface area contributed by atoms with Gasteiger partial charge in [0, 0.05) is 16.7 Å². The standard InChI is InChI=1S/C16H21NO4/c17-13-2-1-3-14(18)15(13)16(4-10-7-19-10,5-11-8-20-11)6-12-9-21-12/h1-3,10-12,18H,4-9,17H2. The molecule has 3 heterocycles. The number of phenols is 1. The number of hydrogen-bond donors (Lipinski definition) is 2. The van der Waals surface area contributed by atoms with Gasteiger partial charge in [-0.3, -0.25) is 0 Å². The average Bonchev–Trinajstić information content (AvgIpc) is 3.25. The summed E-state index contributed by atoms with van der Waals surface area (Å²) in [7, 11) is 0. The molecule has 0 radical (unpaired) electrons. The van der Waals surface area contributed by atoms with Gasteiger partial charge in [-0.15, -0.1) is 0 Å². The molecule has 3 atom stereocenters. The van der Waals surface area contributed by atoms with E-state index < -0.39 is 0 Å². The number of nitrogens with two attached hydrogens (primary N) is 1. The second-order valence-electron chi connectivity index (χ2n) is 6.50. The number of anilines is 1. The molecule has 3 fully saturated rings. The predicted molar refractivity (Wildman–Crippen MR) is 77.3 cm³/mol. The maximum atomic E-state index is 10.4. The van der Waals surface area contributed by atoms with E-state index in [0.717, 1.165) is 44.6 Å². The Morgan fingerprint density at radius 3 is 1.86 bits per heavy atom. The van der Waals surface area contributed by atoms with Crippen molar-refractivity contribution < 1.29 is 19.3 Å². The van der Waals surface area contributed by atoms with Crippen LogP contribution in [0.4, 0.5) is 5.69 Å². The lowest BCUT2D eigenvalue weighted by atomic mass is 9.69. The van der Waals surface area contributed by atoms with Crippen molar-refractivity contribution in [2.24, 2.45) is 0 Å². The summed E-state index contributed by atoms with van der Waals surface area (Å²) in [6.07, 6.45) is 3.40. The molecule has 1 aromatic carbocycles. The van der Waals surface area contributed by atoms with E-state index in [1.54, 1.807) is 12.1 Å². The first kappa shape index (κ1) is 13.4. The van der Waals surface area contributed by atoms with Crippen LogP contribution in [0.1, 0.15) is 24.8 Å². The minimum atomic E-state index is -0.223. The molecular formula is C16H21NO4. The van der Waals surface area contributed by atoms with E-state index in [1.807, 2.05) is 6.07 Å². The van der Waals surface area contributed by atoms with Crippen LogP contribution < -0.4 is 5.73 Å². The average molecular weight is 291 g/mol. The number of phenolic OH excluding ortho intramolecular Hbond substituents is 1. The van der Waals surface area contributed by atoms with Crippen LogP contribution in [0, 0.1) is 0 Å². The molecule has 3 N–H and O–H groups in total. The molecule has 3 aliphatic rings. The zero-order chi connectivity index (χ0) is 14.4. The second-order valence-corrected chi connectivity index (χ2v) is 6.50. The van der Waals surface area contributed by atoms with Gasteiger partial charge in [0.1, 0.15) is 5.75 Å². The number of benzene rings is 1. The number of hydrogen-bond acceptors (Lipinski definition) is 5. The lowest BCUT2D eigenvalue weighted by Gasteiger charge is -2.35. The quantitative estimate of drug-likeness (QED) is 0.588. The normalized spacial score (nSPS) is 32.5. The molecule has 3 unspecified atom stereocenters. The fourth-order valence-corrected chi connectivity index (χ4v) is 3.56. The summed E-state index contributed by atoms with van der Waals surface area (Å²) in [6, 6.07) is 5.36. The highest BCUT2D eigenvalue weighted by Crippen LogP contribution is 2.50. The van der Waals surface area contributed by atoms with Gasteiger partial charge in [0.2, 0.25) is 0 Å². The number of nitrogen functional groups attached to an aromatic ring is 1. The highest BCUT2D eigenvalue weighted by molar-refractivity contribution is 5.58. The largest absolute Gasteiger partial charge is 0.508 e. The van der Waals surface area contributed by atoms with Gasteiger partial charge in [-0.1, -0.05) is 6.07 Å². The van der Waals surface area contributed by atoms with E-state index in [4.69, 9.17) is 19.9 Å². The fraction of sp³-hybridized carbons (Fsp3) is 0.625. The molecule has 4 rings (SSSR count). The summed E-state index contributed by atoms with van der Waals surface area (Å²) in [4.78, 5) is 0. The lowest BCUT2D eigenvalue weighted by molar-refractivity contribution is 0.228. The summed E-state index contributed by atoms with van der Waals surface area (Å²) < 4.78 is 16.4. The van der Waals surface area contributed by atoms with Crippen LogP contribution in [0.15, 0.2) is 18.2 Å². The summed E-state index contributed by atoms with van der Waals surface area (Å²) in [5.41, 5.74) is 7.49. The molecular weight excluding hydrogens is 270 g/mol. The first-order valence-corrected chi connectivity index (χ1v) is 7.59. The fourth-order valence-electron chi connectivity index (χ4n) is 3.56. The monoisotopic (exact) mass is 291 g/mol. The van der Waals surface area contributed by atoms with Crippen molar-refractivity contribution >= 4 is 5.69 Å². The topological polar surface area (TPSA) is 83.8 Å². The lowest BCUT2D eigenvalue weighted by Crippen LogP contribution is -2.33. The molecule has 21 heavy (non-hydrogen) atoms. The molecule has 0 aromatic heterocycles. The molecule has 3 saturated heterocycles. The second kappa shape index (κ2) is 4.87. The highest BCUT2D eigenvalue weighted by atomic mass is 16.6. The number of epoxide rings is 3. The van der Waals surface area contributed by atoms with Gasteiger partial charge in [-0.25, -0.2) is 0 Å². The van der Waals surface area contributed by atoms with Crippen LogP contribution in [0.2, 0.25) is 0 Å². The van der Waals surface area contributed by atoms with Crippen LogP contribution >= 0.6 is 0 Å². The van der Waals surface area contributed by atoms with Crippen molar-refractivity contribution in [2.75, 3.05) is 25.6 Å². The van der Waals surface area contributed by atoms with Gasteiger partial charge in [0.15, 0.2) is 0 Å². The third kappa shape index (κ3) is 2.86. The molecule has 0 spiro atoms. The van der Waals surface area contributed by atoms with Crippen LogP contribution in [-0.4, -0.2) is 43.2 Å². The van der Waals surface area contributed by atoms with E-state index in [-0.39, 0.29) is 29.5 Å². The van der Waals surface area contributed by atoms with E-state index in [0.29, 0.717) is 5.69 Å². The van der Waals surface area contributed by atoms with Crippen LogP contribution in [0.3, 0.4) is 0 Å². The van der Waals surface area contributed by atoms with Crippen molar-refractivity contribution in [3.8, 4) is 5.75 Å². The summed E-state index contributed by atoms with van der Waals surface area (Å²) in [5.74, 6) is 0.275. The van der Waals surface area contributed by atoms with Gasteiger partial charge >= 0.3 is 0 Å². The number of aromatic hydroxyl groups is 1. The minimum absolute atomic E-state index is 0.223. The first-order valence-electron chi connectivity index (χ1n) is 7.59. The molecule has 5 heteroatoms. The minimum Gasteiger partial charge on any atom is -0.508 e. The molecule has 0 saturated carbocycles. The van der Waals surface area contributed by atoms with E-state index in [9.17, 15) is 5.11 Å². The van der Waals surface area contributed by atoms with Gasteiger partial charge in [-0.05, 0) is 31.4 Å². The first-order chi connectivity index (χ1) is 10.2. The Kier molecular flexibility index (Phi) is 3.10. The number of rotatable bonds is 7. The third-order valence-corrected chi connectivity index (χ3v) is 4.67. The zero-order valence-electron chi connectivity index (χ0n) is 12.0. The Morgan fingerprint density at radius 2 is 1.48 bits per heavy atom. The molecule has 3 aliphatic heterocycles. The van der Waals surface area contributed by atoms with Crippen molar-refractivity contribution in [3.05, 3.63) is 23.8 Å². The smallest absolute Gasteiger partial charge is 0.121 e. The van der Waals surface area contributed by atoms with Crippen LogP contribution in [-0.2, 0) is 19.6 Å². The molecule has 114 valence electrons. The maximum absolute atomic E-state index is 10.4. The van der Waals surface area contributed by atoms with Crippen molar-refractivity contribution in [1.29, 1.82) is 0 Å². The summed E-state index contributed by atoms with van der Waals surface area (Å²) in [5, 5.41) is 10.4. The zero-order valence-corrected chi connectivity index (χ0v) is 12.0. The van der Waals surface area contributed by atoms with E-state index >= 15 is 0 Å². The molecule has 0 bridgehead atoms. The van der Waals surface area contributed by atoms with Crippen molar-refractivity contribution in [3.63, 3.8) is 0 Å². The van der Waals surface area contributed by atoms with Gasteiger partial charge in [-0.2, -0.15) is 0 Å². The predicted octanol–water partition coefficient (Wildman–Crippen LogP) is 1.58. The summed E-state index contributed by atoms with van der Waals surface area (Å²) >= 11 is 0. The molecule has 0 aliphatic carbocycles. The van der Waals surface area contributed by atoms with Gasteiger partial charge in [0.05, 0.1) is 38.1 Å². The van der Waals surface area contributed by atoms with Gasteiger partial charge in [0.25, 0.3) is 0 Å². The Labute approximate surface area is 124 Å². The van der Waals surface area contributed by atoms with Crippen molar-refractivity contribution in [1.82, 2.24) is 0 Å². The molecule has 1 aromatic rings. The Bertz CT molecular complexity index is 479. The van der Waals surface area contributed by atoms with Crippen LogP contribution in [0.25, 0.3) is 0 Å². The maximum Gasteiger partial charge on any atom is 0.121 e. The van der Waals surface area contributed by atoms with E-state index in [1.165, 1.54) is 0 Å². The molecule has 5 nitrogen and oxygen atoms in total. The third-order valence-electron chi connectivity index (χ3n) is 4.67. The Morgan fingerprint density at radius 1 is 1.00 bits per heavy atom. The van der Waals surface area contributed by atoms with Crippen LogP contribution in [0.5, 0.6) is 5.75 Å². The number of ether oxygens (including phenoxy) is 3. The van der Waals surface area contributed by atoms with Gasteiger partial charge < -0.3 is 25.1 Å². The van der Waals surface area contributed by atoms with Crippen molar-refractivity contribution in [2.45, 2.75) is 43.0 Å². The SMILES string of the molecule is Nc1cccc(O)c1C(CC1CO1)(CC1CO1)CC1CO1. The Balaban J connectivity index is 1.74. The Hall–Kier alpha value is -1.30.